The minimum absolute atomic E-state index is 0.0924. The van der Waals surface area contributed by atoms with Crippen LogP contribution in [0.3, 0.4) is 0 Å². The average molecular weight is 396 g/mol. The van der Waals surface area contributed by atoms with Crippen LogP contribution in [0.25, 0.3) is 0 Å². The lowest BCUT2D eigenvalue weighted by Gasteiger charge is -2.44. The molecule has 0 saturated carbocycles. The Morgan fingerprint density at radius 2 is 1.70 bits per heavy atom. The van der Waals surface area contributed by atoms with Crippen LogP contribution in [0.15, 0.2) is 12.1 Å². The number of carbonyl (C=O) groups excluding carboxylic acids is 1. The van der Waals surface area contributed by atoms with E-state index in [1.807, 2.05) is 0 Å². The van der Waals surface area contributed by atoms with E-state index >= 15 is 0 Å². The number of rotatable bonds is 2. The molecule has 1 saturated heterocycles. The quantitative estimate of drug-likeness (QED) is 0.673. The van der Waals surface area contributed by atoms with Gasteiger partial charge in [-0.05, 0) is 26.0 Å². The van der Waals surface area contributed by atoms with Crippen LogP contribution in [-0.4, -0.2) is 42.1 Å². The van der Waals surface area contributed by atoms with Crippen molar-refractivity contribution in [3.8, 4) is 0 Å². The Kier molecular flexibility index (Phi) is 4.48. The first kappa shape index (κ1) is 19.6. The molecule has 1 unspecified atom stereocenters. The van der Waals surface area contributed by atoms with Crippen molar-refractivity contribution in [1.29, 1.82) is 0 Å². The summed E-state index contributed by atoms with van der Waals surface area (Å²) in [5.74, 6) is -0.238. The van der Waals surface area contributed by atoms with Gasteiger partial charge in [-0.15, -0.1) is 0 Å². The number of benzene rings is 1. The van der Waals surface area contributed by atoms with Crippen LogP contribution >= 0.6 is 0 Å². The molecule has 1 fully saturated rings. The molecule has 3 rings (SSSR count). The first-order valence-corrected chi connectivity index (χ1v) is 8.18. The molecule has 1 aromatic carbocycles. The number of hydrogen-bond donors (Lipinski definition) is 3. The molecule has 2 aliphatic rings. The average Bonchev–Trinajstić information content (AvgIpc) is 2.97. The summed E-state index contributed by atoms with van der Waals surface area (Å²) in [5.41, 5.74) is -4.52. The van der Waals surface area contributed by atoms with E-state index in [1.54, 1.807) is 13.8 Å². The summed E-state index contributed by atoms with van der Waals surface area (Å²) in [6, 6.07) is 0.742. The van der Waals surface area contributed by atoms with Gasteiger partial charge in [0.2, 0.25) is 5.91 Å². The lowest BCUT2D eigenvalue weighted by Crippen LogP contribution is -2.63. The summed E-state index contributed by atoms with van der Waals surface area (Å²) < 4.78 is 79.1. The number of hydrogen-bond acceptors (Lipinski definition) is 4. The van der Waals surface area contributed by atoms with E-state index in [9.17, 15) is 31.1 Å². The van der Waals surface area contributed by atoms with Crippen LogP contribution in [0.4, 0.5) is 37.7 Å². The summed E-state index contributed by atoms with van der Waals surface area (Å²) in [4.78, 5) is 13.7. The second-order valence-electron chi connectivity index (χ2n) is 7.04. The summed E-state index contributed by atoms with van der Waals surface area (Å²) >= 11 is 0. The van der Waals surface area contributed by atoms with E-state index in [-0.39, 0.29) is 24.2 Å². The van der Waals surface area contributed by atoms with E-state index in [4.69, 9.17) is 0 Å². The Labute approximate surface area is 151 Å². The second kappa shape index (κ2) is 6.18. The van der Waals surface area contributed by atoms with Gasteiger partial charge in [0.05, 0.1) is 34.6 Å². The molecule has 1 aromatic rings. The smallest absolute Gasteiger partial charge is 0.362 e. The molecule has 5 nitrogen and oxygen atoms in total. The first-order chi connectivity index (χ1) is 12.3. The van der Waals surface area contributed by atoms with Crippen LogP contribution in [0.2, 0.25) is 0 Å². The van der Waals surface area contributed by atoms with E-state index < -0.39 is 40.9 Å². The minimum Gasteiger partial charge on any atom is -0.362 e. The number of carbonyl (C=O) groups is 1. The second-order valence-corrected chi connectivity index (χ2v) is 7.04. The third-order valence-corrected chi connectivity index (χ3v) is 4.85. The number of nitrogens with one attached hydrogen (secondary N) is 3. The SMILES string of the molecule is CC(C)(C1Nc2cc(C(F)(F)F)cc(C(F)(F)F)c2N1)N1CCNCC1=O. The molecule has 0 radical (unpaired) electrons. The van der Waals surface area contributed by atoms with E-state index in [0.717, 1.165) is 0 Å². The number of alkyl halides is 6. The Morgan fingerprint density at radius 1 is 1.04 bits per heavy atom. The minimum atomic E-state index is -4.97. The van der Waals surface area contributed by atoms with E-state index in [0.29, 0.717) is 19.2 Å². The molecule has 0 spiro atoms. The first-order valence-electron chi connectivity index (χ1n) is 8.18. The molecule has 3 N–H and O–H groups in total. The molecule has 2 heterocycles. The van der Waals surface area contributed by atoms with Gasteiger partial charge in [-0.3, -0.25) is 4.79 Å². The Hall–Kier alpha value is -2.17. The van der Waals surface area contributed by atoms with Crippen molar-refractivity contribution in [1.82, 2.24) is 10.2 Å². The fraction of sp³-hybridized carbons (Fsp3) is 0.562. The zero-order valence-corrected chi connectivity index (χ0v) is 14.5. The van der Waals surface area contributed by atoms with Gasteiger partial charge in [0, 0.05) is 13.1 Å². The molecule has 150 valence electrons. The third kappa shape index (κ3) is 3.52. The van der Waals surface area contributed by atoms with Crippen molar-refractivity contribution >= 4 is 17.3 Å². The Morgan fingerprint density at radius 3 is 2.26 bits per heavy atom. The van der Waals surface area contributed by atoms with Crippen LogP contribution in [0.5, 0.6) is 0 Å². The third-order valence-electron chi connectivity index (χ3n) is 4.85. The van der Waals surface area contributed by atoms with E-state index in [2.05, 4.69) is 16.0 Å². The number of halogens is 6. The van der Waals surface area contributed by atoms with Crippen LogP contribution in [0, 0.1) is 0 Å². The summed E-state index contributed by atoms with van der Waals surface area (Å²) in [6.45, 7) is 4.23. The zero-order chi connectivity index (χ0) is 20.2. The van der Waals surface area contributed by atoms with Crippen LogP contribution < -0.4 is 16.0 Å². The van der Waals surface area contributed by atoms with Crippen LogP contribution in [0.1, 0.15) is 25.0 Å². The van der Waals surface area contributed by atoms with Gasteiger partial charge in [0.25, 0.3) is 0 Å². The van der Waals surface area contributed by atoms with Crippen molar-refractivity contribution in [3.05, 3.63) is 23.3 Å². The molecule has 27 heavy (non-hydrogen) atoms. The summed E-state index contributed by atoms with van der Waals surface area (Å²) in [7, 11) is 0. The van der Waals surface area contributed by atoms with Gasteiger partial charge in [0.1, 0.15) is 6.17 Å². The highest BCUT2D eigenvalue weighted by molar-refractivity contribution is 5.82. The van der Waals surface area contributed by atoms with Gasteiger partial charge < -0.3 is 20.9 Å². The van der Waals surface area contributed by atoms with Gasteiger partial charge in [0.15, 0.2) is 0 Å². The van der Waals surface area contributed by atoms with Crippen molar-refractivity contribution in [2.45, 2.75) is 37.9 Å². The van der Waals surface area contributed by atoms with Gasteiger partial charge in [-0.2, -0.15) is 26.3 Å². The standard InChI is InChI=1S/C16H18F6N4O/c1-14(2,26-4-3-23-7-11(26)27)13-24-10-6-8(15(17,18)19)5-9(12(10)25-13)16(20,21)22/h5-6,13,23-25H,3-4,7H2,1-2H3. The molecular weight excluding hydrogens is 378 g/mol. The lowest BCUT2D eigenvalue weighted by molar-refractivity contribution is -0.143. The highest BCUT2D eigenvalue weighted by Crippen LogP contribution is 2.47. The van der Waals surface area contributed by atoms with Crippen molar-refractivity contribution < 1.29 is 31.1 Å². The van der Waals surface area contributed by atoms with E-state index in [1.165, 1.54) is 4.90 Å². The van der Waals surface area contributed by atoms with Crippen molar-refractivity contribution in [2.24, 2.45) is 0 Å². The number of anilines is 2. The largest absolute Gasteiger partial charge is 0.418 e. The number of fused-ring (bicyclic) bond motifs is 1. The predicted octanol–water partition coefficient (Wildman–Crippen LogP) is 3.10. The molecule has 11 heteroatoms. The van der Waals surface area contributed by atoms with Gasteiger partial charge in [-0.25, -0.2) is 0 Å². The summed E-state index contributed by atoms with van der Waals surface area (Å²) in [6.07, 6.45) is -10.8. The number of piperazine rings is 1. The zero-order valence-electron chi connectivity index (χ0n) is 14.5. The molecule has 0 aliphatic carbocycles. The molecule has 0 bridgehead atoms. The number of nitrogens with zero attached hydrogens (tertiary/aromatic N) is 1. The Bertz CT molecular complexity index is 759. The molecule has 0 aromatic heterocycles. The predicted molar refractivity (Wildman–Crippen MR) is 86.1 cm³/mol. The van der Waals surface area contributed by atoms with Gasteiger partial charge >= 0.3 is 12.4 Å². The number of amides is 1. The normalized spacial score (nSPS) is 21.0. The van der Waals surface area contributed by atoms with Crippen molar-refractivity contribution in [3.63, 3.8) is 0 Å². The maximum Gasteiger partial charge on any atom is 0.418 e. The monoisotopic (exact) mass is 396 g/mol. The Balaban J connectivity index is 1.99. The molecule has 1 atom stereocenters. The summed E-state index contributed by atoms with van der Waals surface area (Å²) in [5, 5.41) is 8.22. The van der Waals surface area contributed by atoms with Gasteiger partial charge in [-0.1, -0.05) is 0 Å². The maximum absolute atomic E-state index is 13.3. The highest BCUT2D eigenvalue weighted by Gasteiger charge is 2.46. The molecule has 2 aliphatic heterocycles. The molecular formula is C16H18F6N4O. The van der Waals surface area contributed by atoms with Crippen LogP contribution in [-0.2, 0) is 17.1 Å². The fourth-order valence-corrected chi connectivity index (χ4v) is 3.36. The topological polar surface area (TPSA) is 56.4 Å². The highest BCUT2D eigenvalue weighted by atomic mass is 19.4. The maximum atomic E-state index is 13.3. The van der Waals surface area contributed by atoms with Crippen molar-refractivity contribution in [2.75, 3.05) is 30.3 Å². The fourth-order valence-electron chi connectivity index (χ4n) is 3.36. The lowest BCUT2D eigenvalue weighted by atomic mass is 9.97. The molecule has 1 amide bonds.